The lowest BCUT2D eigenvalue weighted by Gasteiger charge is -2.12. The fourth-order valence-corrected chi connectivity index (χ4v) is 3.20. The average Bonchev–Trinajstić information content (AvgIpc) is 2.80. The number of para-hydroxylation sites is 1. The minimum absolute atomic E-state index is 0.0551. The molecule has 0 amide bonds. The van der Waals surface area contributed by atoms with E-state index in [9.17, 15) is 23.3 Å². The molecule has 3 aromatic rings. The molecule has 0 aliphatic carbocycles. The summed E-state index contributed by atoms with van der Waals surface area (Å²) in [5.74, 6) is 0.725. The number of alkyl halides is 3. The van der Waals surface area contributed by atoms with E-state index in [1.807, 2.05) is 0 Å². The van der Waals surface area contributed by atoms with Gasteiger partial charge < -0.3 is 9.47 Å². The number of rotatable bonds is 8. The van der Waals surface area contributed by atoms with E-state index < -0.39 is 16.7 Å². The van der Waals surface area contributed by atoms with Gasteiger partial charge in [-0.1, -0.05) is 41.9 Å². The number of benzene rings is 3. The van der Waals surface area contributed by atoms with Crippen molar-refractivity contribution >= 4 is 27.9 Å². The molecule has 0 saturated heterocycles. The predicted octanol–water partition coefficient (Wildman–Crippen LogP) is 8.01. The lowest BCUT2D eigenvalue weighted by atomic mass is 10.0. The van der Waals surface area contributed by atoms with Crippen molar-refractivity contribution in [1.82, 2.24) is 0 Å². The average molecular weight is 490 g/mol. The highest BCUT2D eigenvalue weighted by Gasteiger charge is 2.34. The largest absolute Gasteiger partial charge is 0.494 e. The molecule has 0 aliphatic rings. The molecule has 0 heterocycles. The lowest BCUT2D eigenvalue weighted by molar-refractivity contribution is -0.385. The van der Waals surface area contributed by atoms with Crippen LogP contribution in [0.5, 0.6) is 17.2 Å². The number of hydrogen-bond acceptors (Lipinski definition) is 4. The molecule has 9 heteroatoms. The fourth-order valence-electron chi connectivity index (χ4n) is 3.02. The molecule has 0 unspecified atom stereocenters. The standard InChI is InChI=1S/C25H19ClF3NO4/c1-2-33-19-11-8-17(9-12-19)21(25(27,28)29)13-14-22(26)18-10-15-23(30(31)32)24(16-18)34-20-6-4-3-5-7-20/h3-16H,2H2,1H3. The van der Waals surface area contributed by atoms with Gasteiger partial charge in [0.05, 0.1) is 17.1 Å². The van der Waals surface area contributed by atoms with Gasteiger partial charge in [-0.15, -0.1) is 0 Å². The molecule has 5 nitrogen and oxygen atoms in total. The van der Waals surface area contributed by atoms with Crippen molar-refractivity contribution in [2.45, 2.75) is 13.1 Å². The first-order chi connectivity index (χ1) is 16.2. The Labute approximate surface area is 198 Å². The zero-order chi connectivity index (χ0) is 24.7. The Kier molecular flexibility index (Phi) is 7.96. The SMILES string of the molecule is CCOc1ccc(C(=CC=C(Cl)c2ccc([N+](=O)[O-])c(Oc3ccccc3)c2)C(F)(F)F)cc1. The third-order valence-corrected chi connectivity index (χ3v) is 4.93. The number of hydrogen-bond donors (Lipinski definition) is 0. The van der Waals surface area contributed by atoms with Gasteiger partial charge in [0.25, 0.3) is 0 Å². The van der Waals surface area contributed by atoms with Gasteiger partial charge in [-0.05, 0) is 66.6 Å². The van der Waals surface area contributed by atoms with Gasteiger partial charge in [-0.3, -0.25) is 10.1 Å². The third-order valence-electron chi connectivity index (χ3n) is 4.58. The van der Waals surface area contributed by atoms with Crippen molar-refractivity contribution in [3.8, 4) is 17.2 Å². The third kappa shape index (κ3) is 6.39. The number of allylic oxidation sites excluding steroid dienone is 3. The number of ether oxygens (including phenoxy) is 2. The summed E-state index contributed by atoms with van der Waals surface area (Å²) in [6.45, 7) is 2.17. The van der Waals surface area contributed by atoms with Gasteiger partial charge in [0.1, 0.15) is 11.5 Å². The summed E-state index contributed by atoms with van der Waals surface area (Å²) < 4.78 is 51.9. The highest BCUT2D eigenvalue weighted by molar-refractivity contribution is 6.49. The lowest BCUT2D eigenvalue weighted by Crippen LogP contribution is -2.10. The van der Waals surface area contributed by atoms with E-state index in [1.54, 1.807) is 37.3 Å². The smallest absolute Gasteiger partial charge is 0.416 e. The van der Waals surface area contributed by atoms with E-state index in [0.29, 0.717) is 18.1 Å². The predicted molar refractivity (Wildman–Crippen MR) is 125 cm³/mol. The molecule has 0 spiro atoms. The Morgan fingerprint density at radius 3 is 2.21 bits per heavy atom. The molecular weight excluding hydrogens is 471 g/mol. The number of halogens is 4. The molecule has 3 aromatic carbocycles. The zero-order valence-corrected chi connectivity index (χ0v) is 18.6. The molecule has 0 fully saturated rings. The van der Waals surface area contributed by atoms with Gasteiger partial charge in [0.15, 0.2) is 0 Å². The molecule has 0 bridgehead atoms. The molecule has 3 rings (SSSR count). The van der Waals surface area contributed by atoms with Crippen LogP contribution < -0.4 is 9.47 Å². The van der Waals surface area contributed by atoms with Crippen LogP contribution in [0.2, 0.25) is 0 Å². The Bertz CT molecular complexity index is 1210. The second kappa shape index (κ2) is 10.9. The van der Waals surface area contributed by atoms with Crippen molar-refractivity contribution in [3.63, 3.8) is 0 Å². The minimum atomic E-state index is -4.64. The van der Waals surface area contributed by atoms with Gasteiger partial charge in [-0.25, -0.2) is 0 Å². The minimum Gasteiger partial charge on any atom is -0.494 e. The van der Waals surface area contributed by atoms with Gasteiger partial charge in [-0.2, -0.15) is 13.2 Å². The number of nitro benzene ring substituents is 1. The monoisotopic (exact) mass is 489 g/mol. The van der Waals surface area contributed by atoms with Crippen molar-refractivity contribution < 1.29 is 27.6 Å². The Morgan fingerprint density at radius 1 is 0.971 bits per heavy atom. The molecule has 0 N–H and O–H groups in total. The van der Waals surface area contributed by atoms with Crippen molar-refractivity contribution in [2.24, 2.45) is 0 Å². The van der Waals surface area contributed by atoms with Gasteiger partial charge in [0.2, 0.25) is 5.75 Å². The van der Waals surface area contributed by atoms with Gasteiger partial charge in [0, 0.05) is 11.1 Å². The van der Waals surface area contributed by atoms with Crippen molar-refractivity contribution in [3.05, 3.63) is 106 Å². The summed E-state index contributed by atoms with van der Waals surface area (Å²) in [5, 5.41) is 11.3. The summed E-state index contributed by atoms with van der Waals surface area (Å²) in [6.07, 6.45) is -2.69. The topological polar surface area (TPSA) is 61.6 Å². The summed E-state index contributed by atoms with van der Waals surface area (Å²) >= 11 is 6.26. The molecule has 34 heavy (non-hydrogen) atoms. The first kappa shape index (κ1) is 24.9. The van der Waals surface area contributed by atoms with E-state index >= 15 is 0 Å². The number of nitro groups is 1. The maximum absolute atomic E-state index is 13.7. The summed E-state index contributed by atoms with van der Waals surface area (Å²) in [5.41, 5.74) is -1.02. The quantitative estimate of drug-likeness (QED) is 0.182. The molecule has 0 radical (unpaired) electrons. The van der Waals surface area contributed by atoms with Crippen LogP contribution in [0.3, 0.4) is 0 Å². The van der Waals surface area contributed by atoms with E-state index in [2.05, 4.69) is 0 Å². The van der Waals surface area contributed by atoms with Crippen LogP contribution in [0.1, 0.15) is 18.1 Å². The number of nitrogens with zero attached hydrogens (tertiary/aromatic N) is 1. The highest BCUT2D eigenvalue weighted by atomic mass is 35.5. The van der Waals surface area contributed by atoms with Crippen LogP contribution in [0.15, 0.2) is 84.9 Å². The maximum Gasteiger partial charge on any atom is 0.416 e. The molecular formula is C25H19ClF3NO4. The molecule has 0 saturated carbocycles. The van der Waals surface area contributed by atoms with Crippen LogP contribution in [0.25, 0.3) is 10.6 Å². The van der Waals surface area contributed by atoms with Crippen LogP contribution in [0.4, 0.5) is 18.9 Å². The Balaban J connectivity index is 1.96. The van der Waals surface area contributed by atoms with Crippen molar-refractivity contribution in [1.29, 1.82) is 0 Å². The molecule has 176 valence electrons. The zero-order valence-electron chi connectivity index (χ0n) is 17.9. The second-order valence-electron chi connectivity index (χ2n) is 6.90. The first-order valence-corrected chi connectivity index (χ1v) is 10.5. The summed E-state index contributed by atoms with van der Waals surface area (Å²) in [6, 6.07) is 17.7. The highest BCUT2D eigenvalue weighted by Crippen LogP contribution is 2.37. The van der Waals surface area contributed by atoms with Crippen LogP contribution in [-0.2, 0) is 0 Å². The van der Waals surface area contributed by atoms with Gasteiger partial charge >= 0.3 is 11.9 Å². The van der Waals surface area contributed by atoms with E-state index in [4.69, 9.17) is 21.1 Å². The molecule has 0 atom stereocenters. The first-order valence-electron chi connectivity index (χ1n) is 10.1. The Hall–Kier alpha value is -3.78. The van der Waals surface area contributed by atoms with E-state index in [-0.39, 0.29) is 27.6 Å². The van der Waals surface area contributed by atoms with Crippen LogP contribution in [-0.4, -0.2) is 17.7 Å². The summed E-state index contributed by atoms with van der Waals surface area (Å²) in [7, 11) is 0. The molecule has 0 aliphatic heterocycles. The van der Waals surface area contributed by atoms with E-state index in [1.165, 1.54) is 42.5 Å². The van der Waals surface area contributed by atoms with Crippen LogP contribution in [0, 0.1) is 10.1 Å². The Morgan fingerprint density at radius 2 is 1.62 bits per heavy atom. The van der Waals surface area contributed by atoms with Crippen LogP contribution >= 0.6 is 11.6 Å². The van der Waals surface area contributed by atoms with Crippen molar-refractivity contribution in [2.75, 3.05) is 6.61 Å². The van der Waals surface area contributed by atoms with E-state index in [0.717, 1.165) is 12.2 Å². The summed E-state index contributed by atoms with van der Waals surface area (Å²) in [4.78, 5) is 10.8. The normalized spacial score (nSPS) is 12.4. The maximum atomic E-state index is 13.7. The second-order valence-corrected chi connectivity index (χ2v) is 7.31. The fraction of sp³-hybridized carbons (Fsp3) is 0.120. The molecule has 0 aromatic heterocycles.